The van der Waals surface area contributed by atoms with Gasteiger partial charge in [0, 0.05) is 5.39 Å². The first-order chi connectivity index (χ1) is 9.67. The highest BCUT2D eigenvalue weighted by Crippen LogP contribution is 2.30. The molecule has 0 amide bonds. The van der Waals surface area contributed by atoms with Gasteiger partial charge in [-0.1, -0.05) is 18.2 Å². The lowest BCUT2D eigenvalue weighted by Crippen LogP contribution is -1.86. The van der Waals surface area contributed by atoms with Crippen molar-refractivity contribution in [1.82, 2.24) is 0 Å². The monoisotopic (exact) mass is 268 g/mol. The average Bonchev–Trinajstić information content (AvgIpc) is 2.48. The number of phenolic OH excluding ortho intramolecular Hbond substituents is 1. The first kappa shape index (κ1) is 12.5. The average molecular weight is 268 g/mol. The van der Waals surface area contributed by atoms with Gasteiger partial charge in [0.2, 0.25) is 0 Å². The molecule has 0 saturated heterocycles. The summed E-state index contributed by atoms with van der Waals surface area (Å²) in [6, 6.07) is 15.5. The van der Waals surface area contributed by atoms with Gasteiger partial charge in [0.05, 0.1) is 7.11 Å². The molecule has 1 N–H and O–H groups in total. The van der Waals surface area contributed by atoms with E-state index in [1.165, 1.54) is 12.1 Å². The smallest absolute Gasteiger partial charge is 0.131 e. The number of methoxy groups -OCH3 is 1. The minimum Gasteiger partial charge on any atom is -0.508 e. The maximum atomic E-state index is 14.1. The van der Waals surface area contributed by atoms with E-state index >= 15 is 0 Å². The topological polar surface area (TPSA) is 29.5 Å². The maximum absolute atomic E-state index is 14.1. The third-order valence-corrected chi connectivity index (χ3v) is 3.31. The summed E-state index contributed by atoms with van der Waals surface area (Å²) < 4.78 is 19.2. The zero-order chi connectivity index (χ0) is 14.1. The Hall–Kier alpha value is -2.55. The Labute approximate surface area is 116 Å². The van der Waals surface area contributed by atoms with Gasteiger partial charge in [-0.05, 0) is 52.9 Å². The van der Waals surface area contributed by atoms with Gasteiger partial charge in [0.1, 0.15) is 17.3 Å². The van der Waals surface area contributed by atoms with Crippen LogP contribution in [-0.4, -0.2) is 12.2 Å². The number of rotatable bonds is 2. The molecule has 0 aliphatic carbocycles. The Morgan fingerprint density at radius 3 is 2.35 bits per heavy atom. The molecule has 0 spiro atoms. The standard InChI is InChI=1S/C17H13FO2/c1-20-15-6-3-11(4-7-15)13-8-12-2-5-14(19)10-16(12)17(18)9-13/h2-10,19H,1H3. The van der Waals surface area contributed by atoms with Crippen LogP contribution in [0, 0.1) is 5.82 Å². The molecule has 0 atom stereocenters. The third kappa shape index (κ3) is 2.18. The van der Waals surface area contributed by atoms with Gasteiger partial charge in [-0.3, -0.25) is 0 Å². The third-order valence-electron chi connectivity index (χ3n) is 3.31. The summed E-state index contributed by atoms with van der Waals surface area (Å²) in [4.78, 5) is 0. The molecule has 0 aliphatic rings. The fraction of sp³-hybridized carbons (Fsp3) is 0.0588. The van der Waals surface area contributed by atoms with Gasteiger partial charge in [-0.25, -0.2) is 4.39 Å². The molecule has 0 fully saturated rings. The maximum Gasteiger partial charge on any atom is 0.131 e. The van der Waals surface area contributed by atoms with E-state index in [2.05, 4.69) is 0 Å². The Balaban J connectivity index is 2.14. The molecular weight excluding hydrogens is 255 g/mol. The Kier molecular flexibility index (Phi) is 3.03. The second-order valence-corrected chi connectivity index (χ2v) is 4.59. The number of halogens is 1. The van der Waals surface area contributed by atoms with Crippen molar-refractivity contribution in [3.8, 4) is 22.6 Å². The summed E-state index contributed by atoms with van der Waals surface area (Å²) >= 11 is 0. The highest BCUT2D eigenvalue weighted by Gasteiger charge is 2.06. The molecule has 100 valence electrons. The molecule has 3 rings (SSSR count). The molecule has 0 bridgehead atoms. The summed E-state index contributed by atoms with van der Waals surface area (Å²) in [5.41, 5.74) is 1.71. The normalized spacial score (nSPS) is 10.7. The number of aromatic hydroxyl groups is 1. The highest BCUT2D eigenvalue weighted by molar-refractivity contribution is 5.89. The lowest BCUT2D eigenvalue weighted by Gasteiger charge is -2.07. The van der Waals surface area contributed by atoms with Crippen molar-refractivity contribution in [2.45, 2.75) is 0 Å². The van der Waals surface area contributed by atoms with E-state index < -0.39 is 0 Å². The van der Waals surface area contributed by atoms with Crippen LogP contribution in [0.2, 0.25) is 0 Å². The van der Waals surface area contributed by atoms with Crippen molar-refractivity contribution >= 4 is 10.8 Å². The van der Waals surface area contributed by atoms with E-state index in [9.17, 15) is 9.50 Å². The minimum atomic E-state index is -0.343. The van der Waals surface area contributed by atoms with Crippen LogP contribution < -0.4 is 4.74 Å². The fourth-order valence-electron chi connectivity index (χ4n) is 2.25. The van der Waals surface area contributed by atoms with Gasteiger partial charge in [0.25, 0.3) is 0 Å². The van der Waals surface area contributed by atoms with Gasteiger partial charge in [0.15, 0.2) is 0 Å². The summed E-state index contributed by atoms with van der Waals surface area (Å²) in [5, 5.41) is 10.6. The molecule has 3 aromatic rings. The van der Waals surface area contributed by atoms with E-state index in [0.29, 0.717) is 5.39 Å². The molecule has 20 heavy (non-hydrogen) atoms. The van der Waals surface area contributed by atoms with E-state index in [0.717, 1.165) is 22.3 Å². The molecule has 0 saturated carbocycles. The van der Waals surface area contributed by atoms with Crippen molar-refractivity contribution in [1.29, 1.82) is 0 Å². The predicted molar refractivity (Wildman–Crippen MR) is 77.6 cm³/mol. The number of hydrogen-bond acceptors (Lipinski definition) is 2. The first-order valence-electron chi connectivity index (χ1n) is 6.24. The van der Waals surface area contributed by atoms with Gasteiger partial charge >= 0.3 is 0 Å². The van der Waals surface area contributed by atoms with E-state index in [-0.39, 0.29) is 11.6 Å². The number of fused-ring (bicyclic) bond motifs is 1. The fourth-order valence-corrected chi connectivity index (χ4v) is 2.25. The van der Waals surface area contributed by atoms with Crippen molar-refractivity contribution < 1.29 is 14.2 Å². The molecule has 3 heteroatoms. The molecule has 0 aliphatic heterocycles. The van der Waals surface area contributed by atoms with Crippen LogP contribution in [0.15, 0.2) is 54.6 Å². The second-order valence-electron chi connectivity index (χ2n) is 4.59. The van der Waals surface area contributed by atoms with Crippen molar-refractivity contribution in [2.75, 3.05) is 7.11 Å². The van der Waals surface area contributed by atoms with Crippen LogP contribution in [0.25, 0.3) is 21.9 Å². The quantitative estimate of drug-likeness (QED) is 0.748. The molecule has 0 heterocycles. The summed E-state index contributed by atoms with van der Waals surface area (Å²) in [6.45, 7) is 0. The van der Waals surface area contributed by atoms with Crippen molar-refractivity contribution in [3.63, 3.8) is 0 Å². The van der Waals surface area contributed by atoms with Crippen LogP contribution >= 0.6 is 0 Å². The molecule has 0 unspecified atom stereocenters. The van der Waals surface area contributed by atoms with Crippen LogP contribution in [0.5, 0.6) is 11.5 Å². The van der Waals surface area contributed by atoms with E-state index in [4.69, 9.17) is 4.74 Å². The van der Waals surface area contributed by atoms with E-state index in [1.54, 1.807) is 19.2 Å². The Bertz CT molecular complexity index is 764. The molecule has 0 radical (unpaired) electrons. The van der Waals surface area contributed by atoms with Crippen molar-refractivity contribution in [2.24, 2.45) is 0 Å². The number of ether oxygens (including phenoxy) is 1. The number of phenols is 1. The number of benzene rings is 3. The summed E-state index contributed by atoms with van der Waals surface area (Å²) in [6.07, 6.45) is 0. The predicted octanol–water partition coefficient (Wildman–Crippen LogP) is 4.36. The van der Waals surface area contributed by atoms with Gasteiger partial charge < -0.3 is 9.84 Å². The van der Waals surface area contributed by atoms with E-state index in [1.807, 2.05) is 30.3 Å². The van der Waals surface area contributed by atoms with Crippen LogP contribution in [0.3, 0.4) is 0 Å². The first-order valence-corrected chi connectivity index (χ1v) is 6.24. The largest absolute Gasteiger partial charge is 0.508 e. The zero-order valence-electron chi connectivity index (χ0n) is 10.9. The SMILES string of the molecule is COc1ccc(-c2cc(F)c3cc(O)ccc3c2)cc1. The summed E-state index contributed by atoms with van der Waals surface area (Å²) in [5.74, 6) is 0.484. The lowest BCUT2D eigenvalue weighted by atomic mass is 10.0. The highest BCUT2D eigenvalue weighted by atomic mass is 19.1. The number of hydrogen-bond donors (Lipinski definition) is 1. The lowest BCUT2D eigenvalue weighted by molar-refractivity contribution is 0.415. The van der Waals surface area contributed by atoms with Crippen LogP contribution in [0.1, 0.15) is 0 Å². The van der Waals surface area contributed by atoms with Crippen LogP contribution in [0.4, 0.5) is 4.39 Å². The van der Waals surface area contributed by atoms with Gasteiger partial charge in [-0.2, -0.15) is 0 Å². The summed E-state index contributed by atoms with van der Waals surface area (Å²) in [7, 11) is 1.61. The molecule has 3 aromatic carbocycles. The molecule has 0 aromatic heterocycles. The Morgan fingerprint density at radius 2 is 1.65 bits per heavy atom. The molecular formula is C17H13FO2. The Morgan fingerprint density at radius 1 is 0.900 bits per heavy atom. The second kappa shape index (κ2) is 4.85. The van der Waals surface area contributed by atoms with Crippen LogP contribution in [-0.2, 0) is 0 Å². The van der Waals surface area contributed by atoms with Gasteiger partial charge in [-0.15, -0.1) is 0 Å². The van der Waals surface area contributed by atoms with Crippen molar-refractivity contribution in [3.05, 3.63) is 60.4 Å². The minimum absolute atomic E-state index is 0.0635. The molecule has 2 nitrogen and oxygen atoms in total. The zero-order valence-corrected chi connectivity index (χ0v) is 10.9.